The number of benzene rings is 1. The second-order valence-electron chi connectivity index (χ2n) is 10.2. The summed E-state index contributed by atoms with van der Waals surface area (Å²) < 4.78 is 33.1. The van der Waals surface area contributed by atoms with E-state index in [-0.39, 0.29) is 12.0 Å². The Morgan fingerprint density at radius 1 is 1.18 bits per heavy atom. The van der Waals surface area contributed by atoms with Crippen LogP contribution in [-0.2, 0) is 19.6 Å². The molecule has 1 aromatic carbocycles. The molecule has 4 atom stereocenters. The normalized spacial score (nSPS) is 26.1. The highest BCUT2D eigenvalue weighted by atomic mass is 32.2. The first kappa shape index (κ1) is 25.4. The fourth-order valence-electron chi connectivity index (χ4n) is 4.99. The van der Waals surface area contributed by atoms with Gasteiger partial charge in [0.15, 0.2) is 0 Å². The highest BCUT2D eigenvalue weighted by Gasteiger charge is 2.61. The smallest absolute Gasteiger partial charge is 0.259 e. The van der Waals surface area contributed by atoms with E-state index in [9.17, 15) is 18.0 Å². The lowest BCUT2D eigenvalue weighted by atomic mass is 10.1. The molecule has 6 rings (SSSR count). The van der Waals surface area contributed by atoms with Crippen molar-refractivity contribution in [1.29, 1.82) is 0 Å². The number of carbonyl (C=O) groups excluding carboxylic acids is 2. The average Bonchev–Trinajstić information content (AvgIpc) is 3.86. The molecule has 2 aliphatic carbocycles. The Bertz CT molecular complexity index is 1560. The summed E-state index contributed by atoms with van der Waals surface area (Å²) in [5.41, 5.74) is -0.0803. The van der Waals surface area contributed by atoms with E-state index < -0.39 is 38.7 Å². The first-order valence-corrected chi connectivity index (χ1v) is 14.4. The minimum Gasteiger partial charge on any atom is -0.472 e. The standard InChI is InChI=1S/C27H28N6O5S/c1-2-17-13-27(17,26(35)33-39(36,37)19-7-8-19)32-24(34)22-12-18(14-30-22)38-25-20-6-4-3-5-16(20)11-21(31-25)23-15-28-9-10-29-23/h2-6,9-11,15,17-19,22,30H,1,7-8,12-14H2,(H,32,34)(H,33,35)/t17-,18-,22+,27-/m1/s1. The van der Waals surface area contributed by atoms with Crippen LogP contribution in [0.15, 0.2) is 61.6 Å². The molecule has 1 saturated heterocycles. The lowest BCUT2D eigenvalue weighted by Gasteiger charge is -2.21. The van der Waals surface area contributed by atoms with E-state index in [1.165, 1.54) is 0 Å². The maximum Gasteiger partial charge on any atom is 0.259 e. The molecule has 3 aromatic rings. The summed E-state index contributed by atoms with van der Waals surface area (Å²) >= 11 is 0. The Hall–Kier alpha value is -3.90. The number of amides is 2. The van der Waals surface area contributed by atoms with E-state index in [2.05, 4.69) is 31.9 Å². The van der Waals surface area contributed by atoms with Crippen molar-refractivity contribution in [2.24, 2.45) is 5.92 Å². The Labute approximate surface area is 225 Å². The van der Waals surface area contributed by atoms with E-state index >= 15 is 0 Å². The van der Waals surface area contributed by atoms with Gasteiger partial charge < -0.3 is 15.4 Å². The van der Waals surface area contributed by atoms with Gasteiger partial charge in [-0.1, -0.05) is 24.3 Å². The molecule has 12 heteroatoms. The van der Waals surface area contributed by atoms with Crippen molar-refractivity contribution in [2.45, 2.75) is 48.6 Å². The molecule has 0 radical (unpaired) electrons. The topological polar surface area (TPSA) is 152 Å². The van der Waals surface area contributed by atoms with Gasteiger partial charge in [-0.15, -0.1) is 6.58 Å². The number of rotatable bonds is 9. The van der Waals surface area contributed by atoms with Gasteiger partial charge in [-0.3, -0.25) is 24.3 Å². The van der Waals surface area contributed by atoms with Crippen LogP contribution in [0.4, 0.5) is 0 Å². The second-order valence-corrected chi connectivity index (χ2v) is 12.2. The summed E-state index contributed by atoms with van der Waals surface area (Å²) in [5, 5.41) is 7.18. The highest BCUT2D eigenvalue weighted by molar-refractivity contribution is 7.91. The first-order chi connectivity index (χ1) is 18.8. The summed E-state index contributed by atoms with van der Waals surface area (Å²) in [4.78, 5) is 39.3. The first-order valence-electron chi connectivity index (χ1n) is 12.9. The molecule has 2 aromatic heterocycles. The lowest BCUT2D eigenvalue weighted by Crippen LogP contribution is -2.55. The summed E-state index contributed by atoms with van der Waals surface area (Å²) in [6.45, 7) is 4.12. The zero-order valence-electron chi connectivity index (χ0n) is 21.0. The van der Waals surface area contributed by atoms with Crippen molar-refractivity contribution >= 4 is 32.6 Å². The highest BCUT2D eigenvalue weighted by Crippen LogP contribution is 2.45. The number of hydrogen-bond acceptors (Lipinski definition) is 9. The third kappa shape index (κ3) is 4.97. The number of ether oxygens (including phenoxy) is 1. The maximum atomic E-state index is 13.2. The van der Waals surface area contributed by atoms with Gasteiger partial charge in [0.05, 0.1) is 23.2 Å². The number of nitrogens with zero attached hydrogens (tertiary/aromatic N) is 3. The number of nitrogens with one attached hydrogen (secondary N) is 3. The molecule has 1 aliphatic heterocycles. The number of pyridine rings is 1. The number of aromatic nitrogens is 3. The molecule has 3 N–H and O–H groups in total. The SMILES string of the molecule is C=C[C@@H]1C[C@]1(NC(=O)[C@@H]1C[C@@H](Oc2nc(-c3cnccn3)cc3ccccc23)CN1)C(=O)NS(=O)(=O)C1CC1. The average molecular weight is 549 g/mol. The van der Waals surface area contributed by atoms with E-state index in [1.54, 1.807) is 24.7 Å². The van der Waals surface area contributed by atoms with Crippen molar-refractivity contribution < 1.29 is 22.7 Å². The molecule has 11 nitrogen and oxygen atoms in total. The Kier molecular flexibility index (Phi) is 6.31. The molecule has 2 saturated carbocycles. The molecule has 39 heavy (non-hydrogen) atoms. The van der Waals surface area contributed by atoms with Crippen LogP contribution in [0.1, 0.15) is 25.7 Å². The summed E-state index contributed by atoms with van der Waals surface area (Å²) in [6.07, 6.45) is 7.74. The molecular weight excluding hydrogens is 520 g/mol. The Balaban J connectivity index is 1.15. The van der Waals surface area contributed by atoms with E-state index in [0.717, 1.165) is 10.8 Å². The number of sulfonamides is 1. The molecule has 3 fully saturated rings. The van der Waals surface area contributed by atoms with E-state index in [0.29, 0.717) is 49.5 Å². The summed E-state index contributed by atoms with van der Waals surface area (Å²) in [7, 11) is -3.74. The lowest BCUT2D eigenvalue weighted by molar-refractivity contribution is -0.130. The van der Waals surface area contributed by atoms with Crippen molar-refractivity contribution in [1.82, 2.24) is 30.3 Å². The quantitative estimate of drug-likeness (QED) is 0.338. The predicted molar refractivity (Wildman–Crippen MR) is 143 cm³/mol. The molecule has 2 amide bonds. The van der Waals surface area contributed by atoms with Crippen molar-refractivity contribution in [3.05, 3.63) is 61.6 Å². The number of hydrogen-bond donors (Lipinski definition) is 3. The van der Waals surface area contributed by atoms with Gasteiger partial charge in [0, 0.05) is 36.7 Å². The molecular formula is C27H28N6O5S. The molecule has 0 unspecified atom stereocenters. The van der Waals surface area contributed by atoms with Gasteiger partial charge >= 0.3 is 0 Å². The van der Waals surface area contributed by atoms with Crippen LogP contribution in [0.25, 0.3) is 22.2 Å². The van der Waals surface area contributed by atoms with Gasteiger partial charge in [-0.05, 0) is 36.8 Å². The van der Waals surface area contributed by atoms with Crippen LogP contribution < -0.4 is 20.1 Å². The van der Waals surface area contributed by atoms with Gasteiger partial charge in [0.1, 0.15) is 17.3 Å². The maximum absolute atomic E-state index is 13.2. The van der Waals surface area contributed by atoms with Gasteiger partial charge in [-0.25, -0.2) is 13.4 Å². The third-order valence-electron chi connectivity index (χ3n) is 7.47. The van der Waals surface area contributed by atoms with Crippen molar-refractivity contribution in [3.8, 4) is 17.3 Å². The van der Waals surface area contributed by atoms with Gasteiger partial charge in [-0.2, -0.15) is 0 Å². The van der Waals surface area contributed by atoms with Crippen LogP contribution in [0.3, 0.4) is 0 Å². The molecule has 0 bridgehead atoms. The second kappa shape index (κ2) is 9.69. The van der Waals surface area contributed by atoms with E-state index in [1.807, 2.05) is 30.3 Å². The van der Waals surface area contributed by atoms with Crippen LogP contribution in [0.5, 0.6) is 5.88 Å². The fraction of sp³-hybridized carbons (Fsp3) is 0.370. The van der Waals surface area contributed by atoms with Crippen molar-refractivity contribution in [3.63, 3.8) is 0 Å². The summed E-state index contributed by atoms with van der Waals surface area (Å²) in [6, 6.07) is 9.02. The summed E-state index contributed by atoms with van der Waals surface area (Å²) in [5.74, 6) is -1.02. The van der Waals surface area contributed by atoms with Gasteiger partial charge in [0.2, 0.25) is 21.8 Å². The number of fused-ring (bicyclic) bond motifs is 1. The van der Waals surface area contributed by atoms with Crippen LogP contribution >= 0.6 is 0 Å². The van der Waals surface area contributed by atoms with Crippen LogP contribution in [-0.4, -0.2) is 64.7 Å². The minimum atomic E-state index is -3.74. The molecule has 3 aliphatic rings. The zero-order chi connectivity index (χ0) is 27.2. The Morgan fingerprint density at radius 2 is 2.00 bits per heavy atom. The van der Waals surface area contributed by atoms with Crippen LogP contribution in [0.2, 0.25) is 0 Å². The van der Waals surface area contributed by atoms with Gasteiger partial charge in [0.25, 0.3) is 5.91 Å². The van der Waals surface area contributed by atoms with Crippen molar-refractivity contribution in [2.75, 3.05) is 6.54 Å². The monoisotopic (exact) mass is 548 g/mol. The Morgan fingerprint density at radius 3 is 2.72 bits per heavy atom. The largest absolute Gasteiger partial charge is 0.472 e. The molecule has 0 spiro atoms. The fourth-order valence-corrected chi connectivity index (χ4v) is 6.36. The van der Waals surface area contributed by atoms with Crippen LogP contribution in [0, 0.1) is 5.92 Å². The molecule has 202 valence electrons. The van der Waals surface area contributed by atoms with E-state index in [4.69, 9.17) is 9.72 Å². The molecule has 3 heterocycles. The minimum absolute atomic E-state index is 0.298. The third-order valence-corrected chi connectivity index (χ3v) is 9.28. The number of carbonyl (C=O) groups is 2. The predicted octanol–water partition coefficient (Wildman–Crippen LogP) is 1.47. The zero-order valence-corrected chi connectivity index (χ0v) is 21.9.